The average Bonchev–Trinajstić information content (AvgIpc) is 3.45. The fraction of sp³-hybridized carbons (Fsp3) is 0.393. The van der Waals surface area contributed by atoms with Gasteiger partial charge in [-0.1, -0.05) is 24.3 Å². The maximum Gasteiger partial charge on any atom is 0.410 e. The number of ether oxygens (including phenoxy) is 1. The molecule has 1 aliphatic rings. The third-order valence-corrected chi connectivity index (χ3v) is 6.48. The topological polar surface area (TPSA) is 86.0 Å². The van der Waals surface area contributed by atoms with E-state index in [1.165, 1.54) is 17.8 Å². The maximum atomic E-state index is 14.0. The standard InChI is InChI=1S/C28H31FN6O2/c1-17-24-26(32-18(2)31-17)35(25(33-24)22-12-23(29)14-30-13-22)15-19-6-8-20(9-7-19)21-10-11-34(16-21)27(36)37-28(3,4)5/h6-9,12-14,21H,10-11,15-16H2,1-5H3. The Kier molecular flexibility index (Phi) is 6.39. The van der Waals surface area contributed by atoms with E-state index in [2.05, 4.69) is 39.2 Å². The number of aromatic nitrogens is 5. The number of pyridine rings is 1. The molecule has 8 nitrogen and oxygen atoms in total. The highest BCUT2D eigenvalue weighted by Gasteiger charge is 2.30. The Labute approximate surface area is 215 Å². The van der Waals surface area contributed by atoms with Gasteiger partial charge in [-0.15, -0.1) is 0 Å². The number of carbonyl (C=O) groups excluding carboxylic acids is 1. The largest absolute Gasteiger partial charge is 0.444 e. The Bertz CT molecular complexity index is 1460. The lowest BCUT2D eigenvalue weighted by atomic mass is 9.97. The number of rotatable bonds is 4. The van der Waals surface area contributed by atoms with Crippen LogP contribution in [-0.2, 0) is 11.3 Å². The lowest BCUT2D eigenvalue weighted by Gasteiger charge is -2.24. The van der Waals surface area contributed by atoms with E-state index in [-0.39, 0.29) is 12.0 Å². The van der Waals surface area contributed by atoms with Gasteiger partial charge in [0.2, 0.25) is 0 Å². The number of carbonyl (C=O) groups is 1. The highest BCUT2D eigenvalue weighted by Crippen LogP contribution is 2.30. The number of aryl methyl sites for hydroxylation is 2. The lowest BCUT2D eigenvalue weighted by Crippen LogP contribution is -2.35. The summed E-state index contributed by atoms with van der Waals surface area (Å²) >= 11 is 0. The Morgan fingerprint density at radius 3 is 2.57 bits per heavy atom. The van der Waals surface area contributed by atoms with Crippen LogP contribution in [0.4, 0.5) is 9.18 Å². The molecule has 0 saturated carbocycles. The molecule has 1 aromatic carbocycles. The zero-order valence-corrected chi connectivity index (χ0v) is 21.8. The number of nitrogens with zero attached hydrogens (tertiary/aromatic N) is 6. The fourth-order valence-corrected chi connectivity index (χ4v) is 4.78. The molecule has 0 spiro atoms. The van der Waals surface area contributed by atoms with Crippen LogP contribution in [-0.4, -0.2) is 54.2 Å². The van der Waals surface area contributed by atoms with E-state index in [1.807, 2.05) is 39.2 Å². The van der Waals surface area contributed by atoms with Crippen molar-refractivity contribution >= 4 is 17.3 Å². The summed E-state index contributed by atoms with van der Waals surface area (Å²) in [5.41, 5.74) is 4.50. The van der Waals surface area contributed by atoms with Crippen molar-refractivity contribution in [2.75, 3.05) is 13.1 Å². The molecule has 192 valence electrons. The number of benzene rings is 1. The average molecular weight is 503 g/mol. The van der Waals surface area contributed by atoms with Crippen LogP contribution in [0.15, 0.2) is 42.7 Å². The molecule has 4 aromatic rings. The highest BCUT2D eigenvalue weighted by molar-refractivity contribution is 5.79. The van der Waals surface area contributed by atoms with Gasteiger partial charge in [0, 0.05) is 30.8 Å². The van der Waals surface area contributed by atoms with Crippen molar-refractivity contribution in [3.8, 4) is 11.4 Å². The minimum absolute atomic E-state index is 0.259. The Balaban J connectivity index is 1.40. The van der Waals surface area contributed by atoms with Crippen molar-refractivity contribution < 1.29 is 13.9 Å². The Morgan fingerprint density at radius 1 is 1.11 bits per heavy atom. The first kappa shape index (κ1) is 24.8. The van der Waals surface area contributed by atoms with Gasteiger partial charge in [-0.05, 0) is 58.2 Å². The van der Waals surface area contributed by atoms with Crippen LogP contribution in [0.1, 0.15) is 55.8 Å². The van der Waals surface area contributed by atoms with Crippen LogP contribution in [0.25, 0.3) is 22.6 Å². The molecule has 9 heteroatoms. The molecule has 0 bridgehead atoms. The van der Waals surface area contributed by atoms with Crippen molar-refractivity contribution in [1.82, 2.24) is 29.4 Å². The van der Waals surface area contributed by atoms with Crippen molar-refractivity contribution in [2.45, 2.75) is 59.1 Å². The normalized spacial score (nSPS) is 15.9. The molecule has 1 unspecified atom stereocenters. The summed E-state index contributed by atoms with van der Waals surface area (Å²) in [6, 6.07) is 9.84. The Morgan fingerprint density at radius 2 is 1.86 bits per heavy atom. The Hall–Kier alpha value is -3.88. The van der Waals surface area contributed by atoms with Crippen LogP contribution in [0.3, 0.4) is 0 Å². The molecule has 3 aromatic heterocycles. The first-order valence-electron chi connectivity index (χ1n) is 12.5. The molecule has 1 atom stereocenters. The fourth-order valence-electron chi connectivity index (χ4n) is 4.78. The maximum absolute atomic E-state index is 14.0. The van der Waals surface area contributed by atoms with Crippen LogP contribution >= 0.6 is 0 Å². The van der Waals surface area contributed by atoms with E-state index < -0.39 is 11.4 Å². The van der Waals surface area contributed by atoms with Gasteiger partial charge in [0.25, 0.3) is 0 Å². The highest BCUT2D eigenvalue weighted by atomic mass is 19.1. The number of likely N-dealkylation sites (tertiary alicyclic amines) is 1. The molecule has 1 fully saturated rings. The van der Waals surface area contributed by atoms with Gasteiger partial charge < -0.3 is 14.2 Å². The SMILES string of the molecule is Cc1nc(C)c2nc(-c3cncc(F)c3)n(Cc3ccc(C4CCN(C(=O)OC(C)(C)C)C4)cc3)c2n1. The molecule has 0 aliphatic carbocycles. The van der Waals surface area contributed by atoms with Crippen molar-refractivity contribution in [1.29, 1.82) is 0 Å². The van der Waals surface area contributed by atoms with Gasteiger partial charge in [0.1, 0.15) is 28.6 Å². The van der Waals surface area contributed by atoms with Crippen LogP contribution in [0.5, 0.6) is 0 Å². The molecule has 1 aliphatic heterocycles. The molecular weight excluding hydrogens is 471 g/mol. The summed E-state index contributed by atoms with van der Waals surface area (Å²) in [6.45, 7) is 11.2. The molecule has 37 heavy (non-hydrogen) atoms. The van der Waals surface area contributed by atoms with E-state index in [0.717, 1.165) is 17.7 Å². The van der Waals surface area contributed by atoms with Crippen molar-refractivity contribution in [2.24, 2.45) is 0 Å². The second-order valence-electron chi connectivity index (χ2n) is 10.6. The minimum Gasteiger partial charge on any atom is -0.444 e. The first-order valence-corrected chi connectivity index (χ1v) is 12.5. The van der Waals surface area contributed by atoms with Gasteiger partial charge in [-0.3, -0.25) is 4.98 Å². The van der Waals surface area contributed by atoms with Gasteiger partial charge in [0.05, 0.1) is 18.4 Å². The zero-order valence-electron chi connectivity index (χ0n) is 21.8. The number of hydrogen-bond donors (Lipinski definition) is 0. The molecule has 1 amide bonds. The van der Waals surface area contributed by atoms with Gasteiger partial charge in [-0.2, -0.15) is 0 Å². The van der Waals surface area contributed by atoms with Crippen LogP contribution < -0.4 is 0 Å². The third-order valence-electron chi connectivity index (χ3n) is 6.48. The molecule has 1 saturated heterocycles. The summed E-state index contributed by atoms with van der Waals surface area (Å²) in [4.78, 5) is 32.1. The number of halogens is 1. The summed E-state index contributed by atoms with van der Waals surface area (Å²) in [7, 11) is 0. The van der Waals surface area contributed by atoms with E-state index >= 15 is 0 Å². The van der Waals surface area contributed by atoms with E-state index in [0.29, 0.717) is 48.0 Å². The van der Waals surface area contributed by atoms with E-state index in [4.69, 9.17) is 9.72 Å². The summed E-state index contributed by atoms with van der Waals surface area (Å²) < 4.78 is 21.5. The molecule has 0 radical (unpaired) electrons. The second-order valence-corrected chi connectivity index (χ2v) is 10.6. The number of imidazole rings is 1. The minimum atomic E-state index is -0.503. The molecule has 5 rings (SSSR count). The smallest absolute Gasteiger partial charge is 0.410 e. The van der Waals surface area contributed by atoms with Gasteiger partial charge >= 0.3 is 6.09 Å². The predicted molar refractivity (Wildman–Crippen MR) is 139 cm³/mol. The van der Waals surface area contributed by atoms with Crippen molar-refractivity contribution in [3.05, 3.63) is 71.2 Å². The predicted octanol–water partition coefficient (Wildman–Crippen LogP) is 5.42. The van der Waals surface area contributed by atoms with E-state index in [9.17, 15) is 9.18 Å². The van der Waals surface area contributed by atoms with E-state index in [1.54, 1.807) is 11.1 Å². The van der Waals surface area contributed by atoms with Gasteiger partial charge in [0.15, 0.2) is 5.65 Å². The van der Waals surface area contributed by atoms with Gasteiger partial charge in [-0.25, -0.2) is 24.1 Å². The summed E-state index contributed by atoms with van der Waals surface area (Å²) in [6.07, 6.45) is 3.43. The van der Waals surface area contributed by atoms with Crippen LogP contribution in [0, 0.1) is 19.7 Å². The van der Waals surface area contributed by atoms with Crippen molar-refractivity contribution in [3.63, 3.8) is 0 Å². The monoisotopic (exact) mass is 502 g/mol. The number of amides is 1. The molecule has 4 heterocycles. The summed E-state index contributed by atoms with van der Waals surface area (Å²) in [5, 5.41) is 0. The number of hydrogen-bond acceptors (Lipinski definition) is 6. The second kappa shape index (κ2) is 9.53. The summed E-state index contributed by atoms with van der Waals surface area (Å²) in [5.74, 6) is 1.10. The first-order chi connectivity index (χ1) is 17.6. The lowest BCUT2D eigenvalue weighted by molar-refractivity contribution is 0.0292. The third kappa shape index (κ3) is 5.30. The zero-order chi connectivity index (χ0) is 26.3. The van der Waals surface area contributed by atoms with Crippen LogP contribution in [0.2, 0.25) is 0 Å². The number of fused-ring (bicyclic) bond motifs is 1. The quantitative estimate of drug-likeness (QED) is 0.371. The molecule has 0 N–H and O–H groups in total. The molecular formula is C28H31FN6O2.